The summed E-state index contributed by atoms with van der Waals surface area (Å²) in [4.78, 5) is 16.9. The molecule has 5 rings (SSSR count). The Kier molecular flexibility index (Phi) is 6.91. The highest BCUT2D eigenvalue weighted by atomic mass is 16.3. The molecule has 3 aromatic heterocycles. The zero-order valence-electron chi connectivity index (χ0n) is 22.1. The second-order valence-electron chi connectivity index (χ2n) is 11.0. The third-order valence-corrected chi connectivity index (χ3v) is 6.89. The average molecular weight is 512 g/mol. The van der Waals surface area contributed by atoms with Gasteiger partial charge >= 0.3 is 0 Å². The lowest BCUT2D eigenvalue weighted by Crippen LogP contribution is -2.49. The lowest BCUT2D eigenvalue weighted by atomic mass is 9.91. The van der Waals surface area contributed by atoms with Gasteiger partial charge in [-0.05, 0) is 29.2 Å². The third-order valence-electron chi connectivity index (χ3n) is 6.89. The lowest BCUT2D eigenvalue weighted by Gasteiger charge is -2.37. The fourth-order valence-corrected chi connectivity index (χ4v) is 4.95. The molecular weight excluding hydrogens is 478 g/mol. The summed E-state index contributed by atoms with van der Waals surface area (Å²) in [6, 6.07) is 12.7. The Hall–Kier alpha value is -4.16. The van der Waals surface area contributed by atoms with Crippen LogP contribution in [0.5, 0.6) is 0 Å². The van der Waals surface area contributed by atoms with Crippen LogP contribution >= 0.6 is 0 Å². The van der Waals surface area contributed by atoms with Gasteiger partial charge in [-0.3, -0.25) is 9.48 Å². The van der Waals surface area contributed by atoms with Gasteiger partial charge in [-0.2, -0.15) is 15.5 Å². The Labute approximate surface area is 222 Å². The summed E-state index contributed by atoms with van der Waals surface area (Å²) in [5.41, 5.74) is 6.11. The summed E-state index contributed by atoms with van der Waals surface area (Å²) in [6.45, 7) is 9.79. The molecule has 38 heavy (non-hydrogen) atoms. The highest BCUT2D eigenvalue weighted by Crippen LogP contribution is 2.33. The number of anilines is 1. The van der Waals surface area contributed by atoms with Crippen molar-refractivity contribution in [2.45, 2.75) is 33.7 Å². The van der Waals surface area contributed by atoms with Crippen LogP contribution in [-0.4, -0.2) is 68.1 Å². The summed E-state index contributed by atoms with van der Waals surface area (Å²) in [6.07, 6.45) is 7.72. The molecule has 4 heterocycles. The number of aliphatic hydroxyl groups excluding tert-OH is 1. The first kappa shape index (κ1) is 25.5. The van der Waals surface area contributed by atoms with E-state index in [1.807, 2.05) is 17.3 Å². The van der Waals surface area contributed by atoms with E-state index in [1.165, 1.54) is 0 Å². The minimum absolute atomic E-state index is 0.00634. The molecule has 1 N–H and O–H groups in total. The molecule has 1 aromatic carbocycles. The molecule has 0 radical (unpaired) electrons. The molecule has 1 aliphatic heterocycles. The van der Waals surface area contributed by atoms with E-state index in [0.29, 0.717) is 18.5 Å². The number of rotatable bonds is 6. The van der Waals surface area contributed by atoms with Crippen LogP contribution in [0.25, 0.3) is 27.8 Å². The predicted octanol–water partition coefficient (Wildman–Crippen LogP) is 3.81. The first-order valence-corrected chi connectivity index (χ1v) is 12.9. The molecule has 1 amide bonds. The highest BCUT2D eigenvalue weighted by Gasteiger charge is 2.25. The number of carbonyl (C=O) groups is 1. The Bertz CT molecular complexity index is 1480. The van der Waals surface area contributed by atoms with Crippen LogP contribution in [0.1, 0.15) is 32.8 Å². The van der Waals surface area contributed by atoms with Crippen LogP contribution < -0.4 is 4.90 Å². The van der Waals surface area contributed by atoms with Gasteiger partial charge in [0.25, 0.3) is 0 Å². The largest absolute Gasteiger partial charge is 0.394 e. The zero-order chi connectivity index (χ0) is 26.9. The average Bonchev–Trinajstić information content (AvgIpc) is 3.55. The first-order valence-electron chi connectivity index (χ1n) is 12.9. The van der Waals surface area contributed by atoms with E-state index in [1.54, 1.807) is 21.6 Å². The molecule has 0 unspecified atom stereocenters. The van der Waals surface area contributed by atoms with Gasteiger partial charge in [-0.25, -0.2) is 4.52 Å². The second kappa shape index (κ2) is 10.3. The van der Waals surface area contributed by atoms with Gasteiger partial charge in [0.15, 0.2) is 0 Å². The van der Waals surface area contributed by atoms with Crippen molar-refractivity contribution in [1.29, 1.82) is 5.26 Å². The quantitative estimate of drug-likeness (QED) is 0.422. The molecule has 0 atom stereocenters. The Morgan fingerprint density at radius 1 is 1.00 bits per heavy atom. The molecule has 0 spiro atoms. The number of carbonyl (C=O) groups excluding carboxylic acids is 1. The molecule has 0 saturated carbocycles. The third kappa shape index (κ3) is 5.27. The highest BCUT2D eigenvalue weighted by molar-refractivity contribution is 5.88. The van der Waals surface area contributed by atoms with Gasteiger partial charge in [-0.1, -0.05) is 32.9 Å². The van der Waals surface area contributed by atoms with E-state index in [-0.39, 0.29) is 17.9 Å². The van der Waals surface area contributed by atoms with Crippen LogP contribution in [0, 0.1) is 16.7 Å². The number of piperazine rings is 1. The van der Waals surface area contributed by atoms with Crippen molar-refractivity contribution in [1.82, 2.24) is 24.3 Å². The smallest absolute Gasteiger partial charge is 0.223 e. The van der Waals surface area contributed by atoms with Crippen LogP contribution in [0.15, 0.2) is 55.1 Å². The number of hydrogen-bond acceptors (Lipinski definition) is 6. The number of fused-ring (bicyclic) bond motifs is 1. The monoisotopic (exact) mass is 511 g/mol. The van der Waals surface area contributed by atoms with Crippen molar-refractivity contribution >= 4 is 17.1 Å². The number of amides is 1. The van der Waals surface area contributed by atoms with Gasteiger partial charge < -0.3 is 14.9 Å². The van der Waals surface area contributed by atoms with Crippen LogP contribution in [0.4, 0.5) is 5.69 Å². The van der Waals surface area contributed by atoms with Crippen molar-refractivity contribution in [3.63, 3.8) is 0 Å². The maximum Gasteiger partial charge on any atom is 0.223 e. The fraction of sp³-hybridized carbons (Fsp3) is 0.379. The number of nitrogens with zero attached hydrogens (tertiary/aromatic N) is 7. The van der Waals surface area contributed by atoms with Crippen LogP contribution in [-0.2, 0) is 11.3 Å². The van der Waals surface area contributed by atoms with Crippen LogP contribution in [0.2, 0.25) is 0 Å². The van der Waals surface area contributed by atoms with E-state index in [0.717, 1.165) is 59.6 Å². The van der Waals surface area contributed by atoms with E-state index in [4.69, 9.17) is 0 Å². The van der Waals surface area contributed by atoms with Crippen molar-refractivity contribution in [2.75, 3.05) is 37.7 Å². The molecule has 4 aromatic rings. The number of aromatic nitrogens is 4. The summed E-state index contributed by atoms with van der Waals surface area (Å²) >= 11 is 0. The summed E-state index contributed by atoms with van der Waals surface area (Å²) in [5.74, 6) is 0.229. The molecular formula is C29H33N7O2. The first-order chi connectivity index (χ1) is 18.3. The second-order valence-corrected chi connectivity index (χ2v) is 11.0. The molecule has 0 bridgehead atoms. The zero-order valence-corrected chi connectivity index (χ0v) is 22.1. The van der Waals surface area contributed by atoms with Crippen molar-refractivity contribution in [3.05, 3.63) is 60.7 Å². The fourth-order valence-electron chi connectivity index (χ4n) is 4.95. The number of nitriles is 1. The predicted molar refractivity (Wildman–Crippen MR) is 147 cm³/mol. The maximum absolute atomic E-state index is 12.6. The number of benzene rings is 1. The standard InChI is InChI=1S/C29H33N7O2/c1-29(2,3)15-27(38)34-10-8-33(9-11-34)25-6-4-21(5-7-25)26-14-22(24-18-31-35(19-24)12-13-37)20-36-28(26)23(16-30)17-32-36/h4-7,14,17-20,37H,8-13,15H2,1-3H3. The summed E-state index contributed by atoms with van der Waals surface area (Å²) < 4.78 is 3.45. The number of aliphatic hydroxyl groups is 1. The molecule has 1 aliphatic rings. The van der Waals surface area contributed by atoms with Crippen molar-refractivity contribution < 1.29 is 9.90 Å². The van der Waals surface area contributed by atoms with Crippen LogP contribution in [0.3, 0.4) is 0 Å². The van der Waals surface area contributed by atoms with Gasteiger partial charge in [0.05, 0.1) is 36.6 Å². The van der Waals surface area contributed by atoms with Crippen molar-refractivity contribution in [2.24, 2.45) is 5.41 Å². The lowest BCUT2D eigenvalue weighted by molar-refractivity contribution is -0.133. The van der Waals surface area contributed by atoms with E-state index < -0.39 is 0 Å². The Balaban J connectivity index is 1.40. The van der Waals surface area contributed by atoms with E-state index in [2.05, 4.69) is 72.3 Å². The Morgan fingerprint density at radius 2 is 1.74 bits per heavy atom. The number of hydrogen-bond donors (Lipinski definition) is 1. The molecule has 1 saturated heterocycles. The molecule has 196 valence electrons. The molecule has 9 nitrogen and oxygen atoms in total. The van der Waals surface area contributed by atoms with Gasteiger partial charge in [0.1, 0.15) is 6.07 Å². The van der Waals surface area contributed by atoms with Crippen molar-refractivity contribution in [3.8, 4) is 28.3 Å². The normalized spacial score (nSPS) is 14.2. The minimum Gasteiger partial charge on any atom is -0.394 e. The minimum atomic E-state index is -0.00634. The van der Waals surface area contributed by atoms with Gasteiger partial charge in [0.2, 0.25) is 5.91 Å². The molecule has 9 heteroatoms. The van der Waals surface area contributed by atoms with Gasteiger partial charge in [-0.15, -0.1) is 0 Å². The topological polar surface area (TPSA) is 103 Å². The molecule has 0 aliphatic carbocycles. The number of pyridine rings is 1. The van der Waals surface area contributed by atoms with E-state index >= 15 is 0 Å². The van der Waals surface area contributed by atoms with Gasteiger partial charge in [0, 0.05) is 67.4 Å². The van der Waals surface area contributed by atoms with E-state index in [9.17, 15) is 15.2 Å². The SMILES string of the molecule is CC(C)(C)CC(=O)N1CCN(c2ccc(-c3cc(-c4cnn(CCO)c4)cn4ncc(C#N)c34)cc2)CC1. The maximum atomic E-state index is 12.6. The Morgan fingerprint density at radius 3 is 2.39 bits per heavy atom. The summed E-state index contributed by atoms with van der Waals surface area (Å²) in [5, 5.41) is 27.7. The molecule has 1 fully saturated rings. The summed E-state index contributed by atoms with van der Waals surface area (Å²) in [7, 11) is 0.